The molecule has 0 radical (unpaired) electrons. The summed E-state index contributed by atoms with van der Waals surface area (Å²) in [5.41, 5.74) is 0.618. The minimum Gasteiger partial charge on any atom is -0.382 e. The lowest BCUT2D eigenvalue weighted by atomic mass is 10.0. The molecule has 2 rings (SSSR count). The molecule has 1 aromatic carbocycles. The number of benzene rings is 1. The van der Waals surface area contributed by atoms with Crippen molar-refractivity contribution in [1.82, 2.24) is 0 Å². The number of nitrogens with two attached hydrogens (primary N) is 1. The Morgan fingerprint density at radius 2 is 2.11 bits per heavy atom. The second-order valence-electron chi connectivity index (χ2n) is 4.89. The monoisotopic (exact) mass is 272 g/mol. The first-order valence-corrected chi connectivity index (χ1v) is 7.47. The summed E-state index contributed by atoms with van der Waals surface area (Å²) in [6.07, 6.45) is 3.39. The number of nitrogens with one attached hydrogen (secondary N) is 1. The Hall–Kier alpha value is -1.14. The van der Waals surface area contributed by atoms with E-state index in [1.165, 1.54) is 12.1 Å². The highest BCUT2D eigenvalue weighted by molar-refractivity contribution is 7.89. The maximum absolute atomic E-state index is 13.7. The SMILES string of the molecule is CCC1(CNc2ccc(S(N)(=O)=O)cc2F)CC1. The van der Waals surface area contributed by atoms with Gasteiger partial charge in [0.15, 0.2) is 0 Å². The van der Waals surface area contributed by atoms with E-state index < -0.39 is 15.8 Å². The standard InChI is InChI=1S/C12H17FN2O2S/c1-2-12(5-6-12)8-15-11-4-3-9(7-10(11)13)18(14,16)17/h3-4,7,15H,2,5-6,8H2,1H3,(H2,14,16,17). The van der Waals surface area contributed by atoms with Crippen LogP contribution in [0.4, 0.5) is 10.1 Å². The molecule has 1 aromatic rings. The smallest absolute Gasteiger partial charge is 0.238 e. The van der Waals surface area contributed by atoms with Gasteiger partial charge in [-0.05, 0) is 42.9 Å². The molecule has 1 fully saturated rings. The molecule has 4 nitrogen and oxygen atoms in total. The molecular weight excluding hydrogens is 255 g/mol. The summed E-state index contributed by atoms with van der Waals surface area (Å²) in [7, 11) is -3.85. The molecular formula is C12H17FN2O2S. The van der Waals surface area contributed by atoms with Gasteiger partial charge in [0.25, 0.3) is 0 Å². The van der Waals surface area contributed by atoms with Gasteiger partial charge in [0.1, 0.15) is 5.82 Å². The van der Waals surface area contributed by atoms with Crippen LogP contribution in [-0.4, -0.2) is 15.0 Å². The van der Waals surface area contributed by atoms with Gasteiger partial charge in [0.05, 0.1) is 10.6 Å². The summed E-state index contributed by atoms with van der Waals surface area (Å²) in [4.78, 5) is -0.206. The van der Waals surface area contributed by atoms with Crippen molar-refractivity contribution in [3.05, 3.63) is 24.0 Å². The molecule has 0 amide bonds. The molecule has 0 atom stereocenters. The summed E-state index contributed by atoms with van der Waals surface area (Å²) in [6, 6.07) is 3.68. The van der Waals surface area contributed by atoms with Gasteiger partial charge in [-0.1, -0.05) is 6.92 Å². The second-order valence-corrected chi connectivity index (χ2v) is 6.46. The highest BCUT2D eigenvalue weighted by Crippen LogP contribution is 2.48. The van der Waals surface area contributed by atoms with Crippen molar-refractivity contribution in [3.8, 4) is 0 Å². The van der Waals surface area contributed by atoms with Crippen LogP contribution < -0.4 is 10.5 Å². The first-order valence-electron chi connectivity index (χ1n) is 5.93. The molecule has 0 aliphatic heterocycles. The lowest BCUT2D eigenvalue weighted by Crippen LogP contribution is -2.16. The van der Waals surface area contributed by atoms with E-state index in [-0.39, 0.29) is 4.90 Å². The average molecular weight is 272 g/mol. The predicted octanol–water partition coefficient (Wildman–Crippen LogP) is 2.08. The molecule has 6 heteroatoms. The van der Waals surface area contributed by atoms with E-state index in [0.29, 0.717) is 11.1 Å². The Kier molecular flexibility index (Phi) is 3.33. The van der Waals surface area contributed by atoms with Crippen LogP contribution in [-0.2, 0) is 10.0 Å². The fourth-order valence-corrected chi connectivity index (χ4v) is 2.46. The molecule has 100 valence electrons. The normalized spacial score (nSPS) is 17.5. The van der Waals surface area contributed by atoms with Crippen molar-refractivity contribution < 1.29 is 12.8 Å². The minimum atomic E-state index is -3.85. The van der Waals surface area contributed by atoms with Crippen LogP contribution in [0.25, 0.3) is 0 Å². The Balaban J connectivity index is 2.11. The number of halogens is 1. The van der Waals surface area contributed by atoms with Gasteiger partial charge in [-0.25, -0.2) is 17.9 Å². The lowest BCUT2D eigenvalue weighted by Gasteiger charge is -2.15. The van der Waals surface area contributed by atoms with E-state index in [2.05, 4.69) is 12.2 Å². The first kappa shape index (κ1) is 13.3. The Bertz CT molecular complexity index is 553. The number of hydrogen-bond donors (Lipinski definition) is 2. The van der Waals surface area contributed by atoms with Crippen molar-refractivity contribution in [2.45, 2.75) is 31.1 Å². The number of hydrogen-bond acceptors (Lipinski definition) is 3. The summed E-state index contributed by atoms with van der Waals surface area (Å²) in [6.45, 7) is 2.84. The number of sulfonamides is 1. The summed E-state index contributed by atoms with van der Waals surface area (Å²) < 4.78 is 35.8. The molecule has 0 saturated heterocycles. The zero-order valence-electron chi connectivity index (χ0n) is 10.2. The molecule has 0 heterocycles. The van der Waals surface area contributed by atoms with E-state index in [1.807, 2.05) is 0 Å². The van der Waals surface area contributed by atoms with Crippen molar-refractivity contribution in [3.63, 3.8) is 0 Å². The van der Waals surface area contributed by atoms with Gasteiger partial charge >= 0.3 is 0 Å². The fraction of sp³-hybridized carbons (Fsp3) is 0.500. The van der Waals surface area contributed by atoms with Gasteiger partial charge in [-0.15, -0.1) is 0 Å². The number of anilines is 1. The number of primary sulfonamides is 1. The third-order valence-electron chi connectivity index (χ3n) is 3.63. The minimum absolute atomic E-state index is 0.206. The maximum atomic E-state index is 13.7. The fourth-order valence-electron chi connectivity index (χ4n) is 1.93. The molecule has 0 bridgehead atoms. The topological polar surface area (TPSA) is 72.2 Å². The first-order chi connectivity index (χ1) is 8.36. The van der Waals surface area contributed by atoms with E-state index in [9.17, 15) is 12.8 Å². The van der Waals surface area contributed by atoms with Crippen LogP contribution >= 0.6 is 0 Å². The van der Waals surface area contributed by atoms with Crippen LogP contribution in [0, 0.1) is 11.2 Å². The Morgan fingerprint density at radius 1 is 1.44 bits per heavy atom. The summed E-state index contributed by atoms with van der Waals surface area (Å²) >= 11 is 0. The molecule has 18 heavy (non-hydrogen) atoms. The molecule has 0 unspecified atom stereocenters. The lowest BCUT2D eigenvalue weighted by molar-refractivity contribution is 0.518. The highest BCUT2D eigenvalue weighted by Gasteiger charge is 2.40. The van der Waals surface area contributed by atoms with Gasteiger partial charge in [0, 0.05) is 6.54 Å². The Labute approximate surface area is 106 Å². The maximum Gasteiger partial charge on any atom is 0.238 e. The molecule has 0 aromatic heterocycles. The third kappa shape index (κ3) is 2.81. The van der Waals surface area contributed by atoms with Crippen LogP contribution in [0.3, 0.4) is 0 Å². The molecule has 3 N–H and O–H groups in total. The Morgan fingerprint density at radius 3 is 2.56 bits per heavy atom. The molecule has 1 aliphatic rings. The molecule has 1 saturated carbocycles. The third-order valence-corrected chi connectivity index (χ3v) is 4.54. The van der Waals surface area contributed by atoms with Crippen molar-refractivity contribution in [2.75, 3.05) is 11.9 Å². The summed E-state index contributed by atoms with van der Waals surface area (Å²) in [5.74, 6) is -0.589. The molecule has 0 spiro atoms. The van der Waals surface area contributed by atoms with E-state index in [0.717, 1.165) is 31.9 Å². The number of rotatable bonds is 5. The molecule has 1 aliphatic carbocycles. The predicted molar refractivity (Wildman–Crippen MR) is 68.2 cm³/mol. The van der Waals surface area contributed by atoms with Crippen LogP contribution in [0.5, 0.6) is 0 Å². The van der Waals surface area contributed by atoms with Crippen molar-refractivity contribution >= 4 is 15.7 Å². The summed E-state index contributed by atoms with van der Waals surface area (Å²) in [5, 5.41) is 7.97. The van der Waals surface area contributed by atoms with Crippen molar-refractivity contribution in [2.24, 2.45) is 10.6 Å². The zero-order valence-corrected chi connectivity index (χ0v) is 11.1. The van der Waals surface area contributed by atoms with Crippen LogP contribution in [0.2, 0.25) is 0 Å². The largest absolute Gasteiger partial charge is 0.382 e. The average Bonchev–Trinajstić information content (AvgIpc) is 3.07. The highest BCUT2D eigenvalue weighted by atomic mass is 32.2. The second kappa shape index (κ2) is 4.51. The van der Waals surface area contributed by atoms with E-state index in [1.54, 1.807) is 0 Å². The van der Waals surface area contributed by atoms with Gasteiger partial charge in [-0.3, -0.25) is 0 Å². The van der Waals surface area contributed by atoms with Gasteiger partial charge in [-0.2, -0.15) is 0 Å². The van der Waals surface area contributed by atoms with Crippen LogP contribution in [0.1, 0.15) is 26.2 Å². The van der Waals surface area contributed by atoms with Crippen molar-refractivity contribution in [1.29, 1.82) is 0 Å². The van der Waals surface area contributed by atoms with Crippen LogP contribution in [0.15, 0.2) is 23.1 Å². The quantitative estimate of drug-likeness (QED) is 0.862. The van der Waals surface area contributed by atoms with E-state index in [4.69, 9.17) is 5.14 Å². The van der Waals surface area contributed by atoms with Gasteiger partial charge < -0.3 is 5.32 Å². The van der Waals surface area contributed by atoms with E-state index >= 15 is 0 Å². The zero-order chi connectivity index (χ0) is 13.4. The van der Waals surface area contributed by atoms with Gasteiger partial charge in [0.2, 0.25) is 10.0 Å².